The summed E-state index contributed by atoms with van der Waals surface area (Å²) < 4.78 is 14.0. The van der Waals surface area contributed by atoms with Crippen molar-refractivity contribution in [3.05, 3.63) is 68.0 Å². The molecule has 0 bridgehead atoms. The summed E-state index contributed by atoms with van der Waals surface area (Å²) in [6.45, 7) is 0. The smallest absolute Gasteiger partial charge is 0.123 e. The summed E-state index contributed by atoms with van der Waals surface area (Å²) in [5, 5.41) is 0.731. The van der Waals surface area contributed by atoms with Gasteiger partial charge in [-0.25, -0.2) is 4.39 Å². The van der Waals surface area contributed by atoms with E-state index in [1.165, 1.54) is 15.7 Å². The van der Waals surface area contributed by atoms with E-state index in [4.69, 9.17) is 11.6 Å². The van der Waals surface area contributed by atoms with Crippen LogP contribution in [0.1, 0.15) is 16.0 Å². The fourth-order valence-electron chi connectivity index (χ4n) is 1.69. The van der Waals surface area contributed by atoms with Gasteiger partial charge in [-0.05, 0) is 70.5 Å². The molecule has 0 N–H and O–H groups in total. The summed E-state index contributed by atoms with van der Waals surface area (Å²) in [6, 6.07) is 12.4. The first-order valence-electron chi connectivity index (χ1n) is 5.40. The van der Waals surface area contributed by atoms with Gasteiger partial charge in [0.05, 0.1) is 0 Å². The molecule has 1 unspecified atom stereocenters. The quantitative estimate of drug-likeness (QED) is 0.421. The average molecular weight is 439 g/mol. The second-order valence-corrected chi connectivity index (χ2v) is 6.67. The molecule has 0 aliphatic heterocycles. The van der Waals surface area contributed by atoms with E-state index in [0.29, 0.717) is 0 Å². The molecule has 0 spiro atoms. The first-order valence-corrected chi connectivity index (χ1v) is 7.77. The minimum atomic E-state index is -0.206. The van der Waals surface area contributed by atoms with Crippen molar-refractivity contribution in [3.8, 4) is 0 Å². The number of hydrogen-bond donors (Lipinski definition) is 0. The van der Waals surface area contributed by atoms with Crippen molar-refractivity contribution in [1.82, 2.24) is 0 Å². The van der Waals surface area contributed by atoms with Crippen molar-refractivity contribution in [2.75, 3.05) is 0 Å². The summed E-state index contributed by atoms with van der Waals surface area (Å²) in [5.41, 5.74) is 2.25. The monoisotopic (exact) mass is 438 g/mol. The minimum Gasteiger partial charge on any atom is -0.207 e. The Hall–Kier alpha value is -0.130. The van der Waals surface area contributed by atoms with E-state index in [1.54, 1.807) is 12.1 Å². The lowest BCUT2D eigenvalue weighted by Gasteiger charge is -2.13. The summed E-state index contributed by atoms with van der Waals surface area (Å²) in [6.07, 6.45) is 0.802. The van der Waals surface area contributed by atoms with Gasteiger partial charge in [-0.2, -0.15) is 0 Å². The molecule has 0 fully saturated rings. The third-order valence-corrected chi connectivity index (χ3v) is 4.66. The Bertz CT molecular complexity index is 542. The summed E-state index contributed by atoms with van der Waals surface area (Å²) in [4.78, 5) is 0.175. The molecular formula is C14H10BrClFI. The SMILES string of the molecule is Fc1ccc(CC(Br)c2cc(Cl)ccc2I)cc1. The zero-order valence-electron chi connectivity index (χ0n) is 9.34. The number of benzene rings is 2. The normalized spacial score (nSPS) is 12.4. The lowest BCUT2D eigenvalue weighted by molar-refractivity contribution is 0.627. The molecule has 0 amide bonds. The van der Waals surface area contributed by atoms with Crippen molar-refractivity contribution >= 4 is 50.1 Å². The van der Waals surface area contributed by atoms with Crippen molar-refractivity contribution in [3.63, 3.8) is 0 Å². The molecule has 2 rings (SSSR count). The fraction of sp³-hybridized carbons (Fsp3) is 0.143. The fourth-order valence-corrected chi connectivity index (χ4v) is 3.76. The van der Waals surface area contributed by atoms with E-state index in [0.717, 1.165) is 22.6 Å². The van der Waals surface area contributed by atoms with E-state index >= 15 is 0 Å². The predicted molar refractivity (Wildman–Crippen MR) is 85.9 cm³/mol. The molecular weight excluding hydrogens is 429 g/mol. The Labute approximate surface area is 133 Å². The third kappa shape index (κ3) is 3.68. The first-order chi connectivity index (χ1) is 8.56. The van der Waals surface area contributed by atoms with E-state index in [2.05, 4.69) is 38.5 Å². The zero-order chi connectivity index (χ0) is 13.1. The maximum absolute atomic E-state index is 12.8. The molecule has 2 aromatic carbocycles. The summed E-state index contributed by atoms with van der Waals surface area (Å²) in [7, 11) is 0. The van der Waals surface area contributed by atoms with Gasteiger partial charge in [0, 0.05) is 13.4 Å². The van der Waals surface area contributed by atoms with E-state index in [-0.39, 0.29) is 10.6 Å². The first kappa shape index (κ1) is 14.3. The molecule has 0 saturated carbocycles. The Morgan fingerprint density at radius 2 is 1.83 bits per heavy atom. The van der Waals surface area contributed by atoms with Gasteiger partial charge in [-0.15, -0.1) is 0 Å². The standard InChI is InChI=1S/C14H10BrClFI/c15-13(7-9-1-4-11(17)5-2-9)12-8-10(16)3-6-14(12)18/h1-6,8,13H,7H2. The molecule has 4 heteroatoms. The second-order valence-electron chi connectivity index (χ2n) is 3.96. The zero-order valence-corrected chi connectivity index (χ0v) is 13.8. The molecule has 0 heterocycles. The van der Waals surface area contributed by atoms with Crippen molar-refractivity contribution in [2.24, 2.45) is 0 Å². The molecule has 94 valence electrons. The van der Waals surface area contributed by atoms with Gasteiger partial charge in [-0.1, -0.05) is 39.7 Å². The highest BCUT2D eigenvalue weighted by Gasteiger charge is 2.12. The molecule has 0 radical (unpaired) electrons. The number of hydrogen-bond acceptors (Lipinski definition) is 0. The van der Waals surface area contributed by atoms with Gasteiger partial charge in [0.25, 0.3) is 0 Å². The molecule has 0 nitrogen and oxygen atoms in total. The van der Waals surface area contributed by atoms with Gasteiger partial charge in [0.1, 0.15) is 5.82 Å². The van der Waals surface area contributed by atoms with Crippen LogP contribution in [0.4, 0.5) is 4.39 Å². The average Bonchev–Trinajstić information content (AvgIpc) is 2.35. The molecule has 0 saturated heterocycles. The van der Waals surface area contributed by atoms with Gasteiger partial charge in [0.15, 0.2) is 0 Å². The van der Waals surface area contributed by atoms with Crippen LogP contribution >= 0.6 is 50.1 Å². The molecule has 0 aromatic heterocycles. The number of alkyl halides is 1. The van der Waals surface area contributed by atoms with Crippen molar-refractivity contribution in [1.29, 1.82) is 0 Å². The Kier molecular flexibility index (Phi) is 5.04. The molecule has 18 heavy (non-hydrogen) atoms. The van der Waals surface area contributed by atoms with E-state index in [1.807, 2.05) is 18.2 Å². The van der Waals surface area contributed by atoms with Crippen molar-refractivity contribution < 1.29 is 4.39 Å². The molecule has 0 aliphatic carbocycles. The number of rotatable bonds is 3. The lowest BCUT2D eigenvalue weighted by atomic mass is 10.0. The van der Waals surface area contributed by atoms with Gasteiger partial charge >= 0.3 is 0 Å². The van der Waals surface area contributed by atoms with Crippen LogP contribution in [0.2, 0.25) is 5.02 Å². The third-order valence-electron chi connectivity index (χ3n) is 2.62. The number of halogens is 4. The molecule has 0 aliphatic rings. The predicted octanol–water partition coefficient (Wildman–Crippen LogP) is 5.76. The Morgan fingerprint density at radius 1 is 1.17 bits per heavy atom. The van der Waals surface area contributed by atoms with Crippen LogP contribution in [0.15, 0.2) is 42.5 Å². The van der Waals surface area contributed by atoms with Gasteiger partial charge in [-0.3, -0.25) is 0 Å². The van der Waals surface area contributed by atoms with Crippen LogP contribution in [0, 0.1) is 9.39 Å². The highest BCUT2D eigenvalue weighted by Crippen LogP contribution is 2.32. The van der Waals surface area contributed by atoms with Crippen LogP contribution in [0.25, 0.3) is 0 Å². The molecule has 2 aromatic rings. The molecule has 1 atom stereocenters. The minimum absolute atomic E-state index is 0.175. The Balaban J connectivity index is 2.18. The Morgan fingerprint density at radius 3 is 2.50 bits per heavy atom. The maximum atomic E-state index is 12.8. The van der Waals surface area contributed by atoms with Crippen LogP contribution in [0.5, 0.6) is 0 Å². The summed E-state index contributed by atoms with van der Waals surface area (Å²) >= 11 is 12.0. The van der Waals surface area contributed by atoms with Crippen molar-refractivity contribution in [2.45, 2.75) is 11.2 Å². The maximum Gasteiger partial charge on any atom is 0.123 e. The lowest BCUT2D eigenvalue weighted by Crippen LogP contribution is -1.98. The highest BCUT2D eigenvalue weighted by atomic mass is 127. The topological polar surface area (TPSA) is 0 Å². The highest BCUT2D eigenvalue weighted by molar-refractivity contribution is 14.1. The summed E-state index contributed by atoms with van der Waals surface area (Å²) in [5.74, 6) is -0.206. The van der Waals surface area contributed by atoms with Crippen LogP contribution < -0.4 is 0 Å². The van der Waals surface area contributed by atoms with Crippen LogP contribution in [0.3, 0.4) is 0 Å². The second kappa shape index (κ2) is 6.35. The van der Waals surface area contributed by atoms with Crippen LogP contribution in [-0.2, 0) is 6.42 Å². The van der Waals surface area contributed by atoms with Gasteiger partial charge < -0.3 is 0 Å². The van der Waals surface area contributed by atoms with Gasteiger partial charge in [0.2, 0.25) is 0 Å². The van der Waals surface area contributed by atoms with Crippen LogP contribution in [-0.4, -0.2) is 0 Å². The largest absolute Gasteiger partial charge is 0.207 e. The van der Waals surface area contributed by atoms with E-state index < -0.39 is 0 Å². The van der Waals surface area contributed by atoms with E-state index in [9.17, 15) is 4.39 Å².